The number of halogens is 1. The standard InChI is InChI=1S/C41H41N2OSi.C11H7FN.Ir/c1-25(2)34-23-29(28-17-19-30(20-18-28)45(6,7)8)24-35(26(3)4)39(34)43-37-15-10-9-14-36(37)42-41(43)33-13-11-12-32-31-21-16-27(5)22-38(31)44-40(32)33;12-10-6-2-1-5-9(10)11-7-3-4-8-13-11;/h9-12,14-26H,1-8H3;1-4,6-8H;/q2*-1;/i5D3;;. The molecule has 6 aromatic carbocycles. The summed E-state index contributed by atoms with van der Waals surface area (Å²) in [5, 5.41) is 3.22. The normalized spacial score (nSPS) is 12.6. The second kappa shape index (κ2) is 17.0. The fourth-order valence-electron chi connectivity index (χ4n) is 7.60. The molecule has 4 nitrogen and oxygen atoms in total. The number of hydrogen-bond donors (Lipinski definition) is 0. The Morgan fingerprint density at radius 1 is 0.729 bits per heavy atom. The number of imidazole rings is 1. The van der Waals surface area contributed by atoms with Gasteiger partial charge >= 0.3 is 0 Å². The monoisotopic (exact) mass is 973 g/mol. The van der Waals surface area contributed by atoms with Crippen LogP contribution in [0, 0.1) is 24.8 Å². The molecule has 0 aliphatic rings. The SMILES string of the molecule is Fc1ccc[c-]c1-c1ccccn1.[2H]C([2H])([2H])c1ccc2c(c1)oc1c(-c3nc4ccccc4n3-c3c(C(C)C)cc(-c4ccc([Si](C)(C)C)cc4)cc3C(C)C)[c-]ccc12.[Ir]. The number of rotatable bonds is 7. The van der Waals surface area contributed by atoms with Gasteiger partial charge in [0.1, 0.15) is 5.58 Å². The van der Waals surface area contributed by atoms with Crippen LogP contribution in [-0.2, 0) is 20.1 Å². The third-order valence-corrected chi connectivity index (χ3v) is 12.7. The number of aromatic nitrogens is 3. The summed E-state index contributed by atoms with van der Waals surface area (Å²) in [6.45, 7) is 14.0. The van der Waals surface area contributed by atoms with Gasteiger partial charge in [0, 0.05) is 47.3 Å². The Bertz CT molecular complexity index is 2990. The number of para-hydroxylation sites is 2. The minimum absolute atomic E-state index is 0. The molecule has 0 spiro atoms. The first-order chi connectivity index (χ1) is 29.1. The minimum Gasteiger partial charge on any atom is -0.501 e. The summed E-state index contributed by atoms with van der Waals surface area (Å²) in [5.41, 5.74) is 11.2. The minimum atomic E-state index is -2.22. The van der Waals surface area contributed by atoms with Crippen LogP contribution in [0.1, 0.15) is 60.3 Å². The molecule has 59 heavy (non-hydrogen) atoms. The van der Waals surface area contributed by atoms with E-state index in [0.717, 1.165) is 38.9 Å². The van der Waals surface area contributed by atoms with E-state index in [1.54, 1.807) is 42.6 Å². The van der Waals surface area contributed by atoms with Crippen molar-refractivity contribution in [2.45, 2.75) is 66.0 Å². The molecule has 0 fully saturated rings. The molecular weight excluding hydrogens is 922 g/mol. The van der Waals surface area contributed by atoms with Crippen LogP contribution in [0.4, 0.5) is 4.39 Å². The van der Waals surface area contributed by atoms with Gasteiger partial charge in [-0.3, -0.25) is 9.37 Å². The number of benzene rings is 6. The van der Waals surface area contributed by atoms with Crippen LogP contribution in [0.15, 0.2) is 138 Å². The van der Waals surface area contributed by atoms with E-state index in [0.29, 0.717) is 22.4 Å². The molecule has 1 radical (unpaired) electrons. The molecule has 0 unspecified atom stereocenters. The Labute approximate surface area is 365 Å². The van der Waals surface area contributed by atoms with Gasteiger partial charge in [-0.2, -0.15) is 0 Å². The summed E-state index contributed by atoms with van der Waals surface area (Å²) in [5.74, 6) is 0.920. The molecule has 0 bridgehead atoms. The van der Waals surface area contributed by atoms with Crippen LogP contribution in [-0.4, -0.2) is 22.6 Å². The molecule has 299 valence electrons. The Balaban J connectivity index is 0.000000352. The van der Waals surface area contributed by atoms with Crippen LogP contribution in [0.2, 0.25) is 19.6 Å². The van der Waals surface area contributed by atoms with Crippen molar-refractivity contribution >= 4 is 46.2 Å². The Morgan fingerprint density at radius 3 is 2.10 bits per heavy atom. The van der Waals surface area contributed by atoms with Gasteiger partial charge in [-0.1, -0.05) is 130 Å². The number of hydrogen-bond acceptors (Lipinski definition) is 3. The fraction of sp³-hybridized carbons (Fsp3) is 0.192. The Hall–Kier alpha value is -5.46. The first-order valence-corrected chi connectivity index (χ1v) is 23.3. The maximum Gasteiger partial charge on any atom is 0.121 e. The van der Waals surface area contributed by atoms with Gasteiger partial charge in [0.25, 0.3) is 0 Å². The number of aryl methyl sites for hydroxylation is 1. The van der Waals surface area contributed by atoms with Crippen molar-refractivity contribution in [1.82, 2.24) is 14.5 Å². The summed E-state index contributed by atoms with van der Waals surface area (Å²) in [7, 11) is -1.41. The predicted octanol–water partition coefficient (Wildman–Crippen LogP) is 13.8. The molecule has 0 saturated carbocycles. The van der Waals surface area contributed by atoms with Gasteiger partial charge in [0.15, 0.2) is 0 Å². The average molecular weight is 973 g/mol. The molecule has 0 N–H and O–H groups in total. The van der Waals surface area contributed by atoms with Crippen LogP contribution in [0.3, 0.4) is 0 Å². The maximum atomic E-state index is 13.2. The molecule has 9 aromatic rings. The summed E-state index contributed by atoms with van der Waals surface area (Å²) < 4.78 is 45.8. The average Bonchev–Trinajstić information content (AvgIpc) is 3.82. The molecular formula is C52H48FIrN3OSi-2. The number of pyridine rings is 1. The zero-order chi connectivity index (χ0) is 43.2. The van der Waals surface area contributed by atoms with Gasteiger partial charge < -0.3 is 14.0 Å². The Morgan fingerprint density at radius 2 is 1.44 bits per heavy atom. The van der Waals surface area contributed by atoms with Gasteiger partial charge in [-0.15, -0.1) is 42.5 Å². The molecule has 0 amide bonds. The van der Waals surface area contributed by atoms with E-state index >= 15 is 0 Å². The Kier molecular flexibility index (Phi) is 10.9. The first kappa shape index (κ1) is 37.8. The molecule has 3 aromatic heterocycles. The van der Waals surface area contributed by atoms with Crippen molar-refractivity contribution in [3.63, 3.8) is 0 Å². The number of furan rings is 1. The van der Waals surface area contributed by atoms with E-state index in [1.165, 1.54) is 33.5 Å². The maximum absolute atomic E-state index is 13.2. The van der Waals surface area contributed by atoms with E-state index in [9.17, 15) is 4.39 Å². The largest absolute Gasteiger partial charge is 0.501 e. The van der Waals surface area contributed by atoms with E-state index < -0.39 is 14.9 Å². The van der Waals surface area contributed by atoms with Crippen molar-refractivity contribution in [3.8, 4) is 39.5 Å². The molecule has 7 heteroatoms. The van der Waals surface area contributed by atoms with Gasteiger partial charge in [0.2, 0.25) is 0 Å². The number of nitrogens with zero attached hydrogens (tertiary/aromatic N) is 3. The molecule has 0 atom stereocenters. The topological polar surface area (TPSA) is 43.9 Å². The third kappa shape index (κ3) is 8.25. The molecule has 0 saturated heterocycles. The van der Waals surface area contributed by atoms with Crippen LogP contribution < -0.4 is 5.19 Å². The van der Waals surface area contributed by atoms with E-state index in [2.05, 4.69) is 124 Å². The summed E-state index contributed by atoms with van der Waals surface area (Å²) in [6, 6.07) is 47.6. The summed E-state index contributed by atoms with van der Waals surface area (Å²) in [6.07, 6.45) is 1.63. The molecule has 0 aliphatic heterocycles. The first-order valence-electron chi connectivity index (χ1n) is 21.3. The van der Waals surface area contributed by atoms with E-state index in [1.807, 2.05) is 30.3 Å². The quantitative estimate of drug-likeness (QED) is 0.118. The van der Waals surface area contributed by atoms with Gasteiger partial charge in [0.05, 0.1) is 30.5 Å². The second-order valence-electron chi connectivity index (χ2n) is 16.4. The second-order valence-corrected chi connectivity index (χ2v) is 21.5. The molecule has 0 aliphatic carbocycles. The van der Waals surface area contributed by atoms with E-state index in [-0.39, 0.29) is 43.3 Å². The predicted molar refractivity (Wildman–Crippen MR) is 242 cm³/mol. The smallest absolute Gasteiger partial charge is 0.121 e. The van der Waals surface area contributed by atoms with E-state index in [4.69, 9.17) is 13.5 Å². The third-order valence-electron chi connectivity index (χ3n) is 10.7. The molecule has 3 heterocycles. The zero-order valence-electron chi connectivity index (χ0n) is 37.3. The number of fused-ring (bicyclic) bond motifs is 4. The van der Waals surface area contributed by atoms with Crippen LogP contribution >= 0.6 is 0 Å². The van der Waals surface area contributed by atoms with Crippen molar-refractivity contribution in [3.05, 3.63) is 168 Å². The van der Waals surface area contributed by atoms with Gasteiger partial charge in [-0.25, -0.2) is 0 Å². The van der Waals surface area contributed by atoms with Crippen LogP contribution in [0.5, 0.6) is 0 Å². The van der Waals surface area contributed by atoms with Crippen molar-refractivity contribution in [1.29, 1.82) is 0 Å². The summed E-state index contributed by atoms with van der Waals surface area (Å²) >= 11 is 0. The summed E-state index contributed by atoms with van der Waals surface area (Å²) in [4.78, 5) is 9.27. The van der Waals surface area contributed by atoms with Crippen LogP contribution in [0.25, 0.3) is 72.4 Å². The van der Waals surface area contributed by atoms with Crippen molar-refractivity contribution < 1.29 is 33.0 Å². The fourth-order valence-corrected chi connectivity index (χ4v) is 8.77. The zero-order valence-corrected chi connectivity index (χ0v) is 37.7. The molecule has 9 rings (SSSR count). The van der Waals surface area contributed by atoms with Crippen molar-refractivity contribution in [2.75, 3.05) is 0 Å². The van der Waals surface area contributed by atoms with Crippen molar-refractivity contribution in [2.24, 2.45) is 0 Å². The van der Waals surface area contributed by atoms with Gasteiger partial charge in [-0.05, 0) is 88.6 Å².